The van der Waals surface area contributed by atoms with Crippen LogP contribution >= 0.6 is 11.3 Å². The molecule has 4 nitrogen and oxygen atoms in total. The van der Waals surface area contributed by atoms with Crippen molar-refractivity contribution in [3.05, 3.63) is 11.1 Å². The predicted octanol–water partition coefficient (Wildman–Crippen LogP) is 1.12. The van der Waals surface area contributed by atoms with Gasteiger partial charge >= 0.3 is 0 Å². The predicted molar refractivity (Wildman–Crippen MR) is 57.1 cm³/mol. The zero-order chi connectivity index (χ0) is 10.4. The molecule has 1 atom stereocenters. The van der Waals surface area contributed by atoms with Crippen molar-refractivity contribution in [3.63, 3.8) is 0 Å². The maximum Gasteiger partial charge on any atom is 0.231 e. The Hall–Kier alpha value is -0.940. The highest BCUT2D eigenvalue weighted by atomic mass is 32.1. The van der Waals surface area contributed by atoms with Gasteiger partial charge in [-0.05, 0) is 12.8 Å². The van der Waals surface area contributed by atoms with Crippen LogP contribution in [0.2, 0.25) is 0 Å². The largest absolute Gasteiger partial charge is 0.391 e. The first-order valence-corrected chi connectivity index (χ1v) is 6.06. The van der Waals surface area contributed by atoms with E-state index >= 15 is 0 Å². The van der Waals surface area contributed by atoms with E-state index in [2.05, 4.69) is 4.98 Å². The molecule has 1 saturated carbocycles. The van der Waals surface area contributed by atoms with E-state index in [1.807, 2.05) is 5.38 Å². The molecule has 1 aliphatic heterocycles. The first kappa shape index (κ1) is 9.30. The SMILES string of the molecule is O=C1CC(O)CN1c1nc(C2CC2)cs1. The molecule has 5 heteroatoms. The maximum atomic E-state index is 11.5. The van der Waals surface area contributed by atoms with Crippen molar-refractivity contribution in [2.24, 2.45) is 0 Å². The lowest BCUT2D eigenvalue weighted by atomic mass is 10.3. The van der Waals surface area contributed by atoms with Gasteiger partial charge in [0.05, 0.1) is 24.8 Å². The van der Waals surface area contributed by atoms with Crippen molar-refractivity contribution < 1.29 is 9.90 Å². The van der Waals surface area contributed by atoms with Gasteiger partial charge in [-0.1, -0.05) is 0 Å². The number of hydrogen-bond acceptors (Lipinski definition) is 4. The molecule has 1 aromatic rings. The van der Waals surface area contributed by atoms with Crippen LogP contribution in [0.1, 0.15) is 30.9 Å². The van der Waals surface area contributed by atoms with E-state index in [4.69, 9.17) is 0 Å². The van der Waals surface area contributed by atoms with E-state index in [1.54, 1.807) is 4.90 Å². The second-order valence-corrected chi connectivity index (χ2v) is 5.03. The third-order valence-electron chi connectivity index (χ3n) is 2.84. The van der Waals surface area contributed by atoms with Crippen LogP contribution in [0.5, 0.6) is 0 Å². The molecule has 0 spiro atoms. The Bertz CT molecular complexity index is 400. The van der Waals surface area contributed by atoms with Crippen LogP contribution in [0.3, 0.4) is 0 Å². The normalized spacial score (nSPS) is 26.3. The van der Waals surface area contributed by atoms with Gasteiger partial charge in [0, 0.05) is 11.3 Å². The highest BCUT2D eigenvalue weighted by Crippen LogP contribution is 2.41. The van der Waals surface area contributed by atoms with Gasteiger partial charge in [-0.15, -0.1) is 11.3 Å². The van der Waals surface area contributed by atoms with Crippen molar-refractivity contribution >= 4 is 22.4 Å². The summed E-state index contributed by atoms with van der Waals surface area (Å²) in [6.45, 7) is 0.399. The number of aliphatic hydroxyl groups excluding tert-OH is 1. The number of carbonyl (C=O) groups excluding carboxylic acids is 1. The van der Waals surface area contributed by atoms with Crippen molar-refractivity contribution in [2.45, 2.75) is 31.3 Å². The molecule has 1 N–H and O–H groups in total. The minimum absolute atomic E-state index is 0.0146. The summed E-state index contributed by atoms with van der Waals surface area (Å²) >= 11 is 1.50. The Balaban J connectivity index is 1.82. The van der Waals surface area contributed by atoms with Crippen molar-refractivity contribution in [3.8, 4) is 0 Å². The lowest BCUT2D eigenvalue weighted by Crippen LogP contribution is -2.25. The maximum absolute atomic E-state index is 11.5. The smallest absolute Gasteiger partial charge is 0.231 e. The lowest BCUT2D eigenvalue weighted by Gasteiger charge is -2.10. The van der Waals surface area contributed by atoms with Gasteiger partial charge in [-0.25, -0.2) is 4.98 Å². The van der Waals surface area contributed by atoms with Gasteiger partial charge in [0.2, 0.25) is 5.91 Å². The summed E-state index contributed by atoms with van der Waals surface area (Å²) in [5, 5.41) is 12.2. The molecular weight excluding hydrogens is 212 g/mol. The molecule has 1 amide bonds. The average molecular weight is 224 g/mol. The third kappa shape index (κ3) is 1.66. The van der Waals surface area contributed by atoms with Gasteiger partial charge in [0.25, 0.3) is 0 Å². The van der Waals surface area contributed by atoms with E-state index in [0.717, 1.165) is 10.8 Å². The topological polar surface area (TPSA) is 53.4 Å². The summed E-state index contributed by atoms with van der Waals surface area (Å²) in [4.78, 5) is 17.6. The standard InChI is InChI=1S/C10H12N2O2S/c13-7-3-9(14)12(4-7)10-11-8(5-15-10)6-1-2-6/h5-7,13H,1-4H2. The number of β-amino-alcohol motifs (C(OH)–C–C–N with tert-alkyl or cyclic N) is 1. The Labute approximate surface area is 91.5 Å². The average Bonchev–Trinajstić information content (AvgIpc) is 2.83. The van der Waals surface area contributed by atoms with Crippen LogP contribution in [-0.4, -0.2) is 28.6 Å². The molecule has 2 fully saturated rings. The highest BCUT2D eigenvalue weighted by molar-refractivity contribution is 7.14. The summed E-state index contributed by atoms with van der Waals surface area (Å²) in [6, 6.07) is 0. The van der Waals surface area contributed by atoms with E-state index in [1.165, 1.54) is 24.2 Å². The fourth-order valence-electron chi connectivity index (χ4n) is 1.84. The van der Waals surface area contributed by atoms with Crippen LogP contribution in [0.25, 0.3) is 0 Å². The van der Waals surface area contributed by atoms with Crippen LogP contribution in [0.15, 0.2) is 5.38 Å². The molecule has 2 aliphatic rings. The summed E-state index contributed by atoms with van der Waals surface area (Å²) in [5.41, 5.74) is 1.11. The van der Waals surface area contributed by atoms with Crippen molar-refractivity contribution in [1.29, 1.82) is 0 Å². The number of anilines is 1. The second-order valence-electron chi connectivity index (χ2n) is 4.19. The molecule has 0 aromatic carbocycles. The summed E-state index contributed by atoms with van der Waals surface area (Å²) < 4.78 is 0. The van der Waals surface area contributed by atoms with Gasteiger partial charge in [0.1, 0.15) is 0 Å². The third-order valence-corrected chi connectivity index (χ3v) is 3.72. The lowest BCUT2D eigenvalue weighted by molar-refractivity contribution is -0.117. The summed E-state index contributed by atoms with van der Waals surface area (Å²) in [6.07, 6.45) is 2.16. The molecule has 1 aromatic heterocycles. The highest BCUT2D eigenvalue weighted by Gasteiger charge is 2.32. The molecule has 3 rings (SSSR count). The molecule has 1 aliphatic carbocycles. The second kappa shape index (κ2) is 3.28. The zero-order valence-corrected chi connectivity index (χ0v) is 9.04. The fraction of sp³-hybridized carbons (Fsp3) is 0.600. The summed E-state index contributed by atoms with van der Waals surface area (Å²) in [5.74, 6) is 0.608. The van der Waals surface area contributed by atoms with Crippen molar-refractivity contribution in [1.82, 2.24) is 4.98 Å². The monoisotopic (exact) mass is 224 g/mol. The van der Waals surface area contributed by atoms with Crippen LogP contribution in [0.4, 0.5) is 5.13 Å². The molecule has 2 heterocycles. The van der Waals surface area contributed by atoms with E-state index in [-0.39, 0.29) is 12.3 Å². The van der Waals surface area contributed by atoms with Gasteiger partial charge in [-0.2, -0.15) is 0 Å². The fourth-order valence-corrected chi connectivity index (χ4v) is 2.77. The summed E-state index contributed by atoms with van der Waals surface area (Å²) in [7, 11) is 0. The van der Waals surface area contributed by atoms with E-state index < -0.39 is 6.10 Å². The Kier molecular flexibility index (Phi) is 2.03. The number of nitrogens with zero attached hydrogens (tertiary/aromatic N) is 2. The Morgan fingerprint density at radius 2 is 2.33 bits per heavy atom. The first-order valence-electron chi connectivity index (χ1n) is 5.18. The van der Waals surface area contributed by atoms with Gasteiger partial charge in [0.15, 0.2) is 5.13 Å². The van der Waals surface area contributed by atoms with E-state index in [9.17, 15) is 9.90 Å². The first-order chi connectivity index (χ1) is 7.24. The number of aliphatic hydroxyl groups is 1. The minimum Gasteiger partial charge on any atom is -0.391 e. The molecule has 15 heavy (non-hydrogen) atoms. The number of rotatable bonds is 2. The molecule has 1 unspecified atom stereocenters. The number of amides is 1. The minimum atomic E-state index is -0.522. The number of carbonyl (C=O) groups is 1. The molecule has 1 saturated heterocycles. The van der Waals surface area contributed by atoms with Crippen molar-refractivity contribution in [2.75, 3.05) is 11.4 Å². The quantitative estimate of drug-likeness (QED) is 0.819. The number of thiazole rings is 1. The molecule has 0 radical (unpaired) electrons. The molecular formula is C10H12N2O2S. The van der Waals surface area contributed by atoms with Gasteiger partial charge in [-0.3, -0.25) is 9.69 Å². The Morgan fingerprint density at radius 3 is 2.93 bits per heavy atom. The van der Waals surface area contributed by atoms with Crippen LogP contribution < -0.4 is 4.90 Å². The Morgan fingerprint density at radius 1 is 1.53 bits per heavy atom. The van der Waals surface area contributed by atoms with E-state index in [0.29, 0.717) is 12.5 Å². The molecule has 0 bridgehead atoms. The number of hydrogen-bond donors (Lipinski definition) is 1. The van der Waals surface area contributed by atoms with Crippen LogP contribution in [0, 0.1) is 0 Å². The van der Waals surface area contributed by atoms with Crippen LogP contribution in [-0.2, 0) is 4.79 Å². The number of aromatic nitrogens is 1. The molecule has 80 valence electrons. The van der Waals surface area contributed by atoms with Gasteiger partial charge < -0.3 is 5.11 Å². The zero-order valence-electron chi connectivity index (χ0n) is 8.22.